The summed E-state index contributed by atoms with van der Waals surface area (Å²) in [4.78, 5) is 12.1. The summed E-state index contributed by atoms with van der Waals surface area (Å²) >= 11 is 0. The standard InChI is InChI=1S/C13H17NO3S/c1-9-4-6-12(7-5-9)18(16,17)14-8-10(2)11(3)13(14)15/h4-7,10-11H,8H2,1-3H3. The molecule has 5 heteroatoms. The molecule has 1 aliphatic heterocycles. The molecule has 1 saturated heterocycles. The second-order valence-corrected chi connectivity index (χ2v) is 6.82. The monoisotopic (exact) mass is 267 g/mol. The Morgan fingerprint density at radius 3 is 2.17 bits per heavy atom. The molecule has 1 fully saturated rings. The zero-order valence-electron chi connectivity index (χ0n) is 10.8. The van der Waals surface area contributed by atoms with Crippen LogP contribution in [0.3, 0.4) is 0 Å². The highest BCUT2D eigenvalue weighted by Gasteiger charge is 2.41. The number of carbonyl (C=O) groups excluding carboxylic acids is 1. The van der Waals surface area contributed by atoms with Crippen molar-refractivity contribution in [1.29, 1.82) is 0 Å². The van der Waals surface area contributed by atoms with Gasteiger partial charge in [0.05, 0.1) is 4.90 Å². The van der Waals surface area contributed by atoms with Crippen LogP contribution < -0.4 is 0 Å². The molecule has 0 N–H and O–H groups in total. The summed E-state index contributed by atoms with van der Waals surface area (Å²) in [6.07, 6.45) is 0. The Morgan fingerprint density at radius 2 is 1.72 bits per heavy atom. The van der Waals surface area contributed by atoms with E-state index < -0.39 is 10.0 Å². The topological polar surface area (TPSA) is 54.5 Å². The van der Waals surface area contributed by atoms with E-state index >= 15 is 0 Å². The predicted molar refractivity (Wildman–Crippen MR) is 68.4 cm³/mol. The summed E-state index contributed by atoms with van der Waals surface area (Å²) in [7, 11) is -3.69. The van der Waals surface area contributed by atoms with E-state index in [0.717, 1.165) is 9.87 Å². The fourth-order valence-corrected chi connectivity index (χ4v) is 3.60. The normalized spacial score (nSPS) is 24.6. The number of rotatable bonds is 2. The van der Waals surface area contributed by atoms with Crippen LogP contribution >= 0.6 is 0 Å². The minimum Gasteiger partial charge on any atom is -0.273 e. The van der Waals surface area contributed by atoms with Gasteiger partial charge in [-0.1, -0.05) is 31.5 Å². The van der Waals surface area contributed by atoms with Crippen molar-refractivity contribution in [3.05, 3.63) is 29.8 Å². The van der Waals surface area contributed by atoms with Crippen molar-refractivity contribution >= 4 is 15.9 Å². The highest BCUT2D eigenvalue weighted by molar-refractivity contribution is 7.89. The Balaban J connectivity index is 2.38. The van der Waals surface area contributed by atoms with Gasteiger partial charge < -0.3 is 0 Å². The average molecular weight is 267 g/mol. The van der Waals surface area contributed by atoms with Crippen LogP contribution in [0.15, 0.2) is 29.2 Å². The number of carbonyl (C=O) groups is 1. The molecular formula is C13H17NO3S. The molecule has 1 aromatic carbocycles. The van der Waals surface area contributed by atoms with E-state index in [0.29, 0.717) is 0 Å². The van der Waals surface area contributed by atoms with Crippen molar-refractivity contribution < 1.29 is 13.2 Å². The van der Waals surface area contributed by atoms with Crippen molar-refractivity contribution in [3.63, 3.8) is 0 Å². The van der Waals surface area contributed by atoms with Crippen LogP contribution in [0.4, 0.5) is 0 Å². The lowest BCUT2D eigenvalue weighted by atomic mass is 10.0. The first-order chi connectivity index (χ1) is 8.34. The van der Waals surface area contributed by atoms with Gasteiger partial charge in [0.15, 0.2) is 0 Å². The summed E-state index contributed by atoms with van der Waals surface area (Å²) in [6.45, 7) is 5.84. The maximum absolute atomic E-state index is 12.4. The first kappa shape index (κ1) is 13.1. The van der Waals surface area contributed by atoms with Crippen molar-refractivity contribution in [2.24, 2.45) is 11.8 Å². The molecular weight excluding hydrogens is 250 g/mol. The molecule has 2 atom stereocenters. The molecule has 0 aliphatic carbocycles. The highest BCUT2D eigenvalue weighted by Crippen LogP contribution is 2.29. The van der Waals surface area contributed by atoms with Crippen LogP contribution in [-0.4, -0.2) is 25.2 Å². The van der Waals surface area contributed by atoms with E-state index in [4.69, 9.17) is 0 Å². The molecule has 18 heavy (non-hydrogen) atoms. The third kappa shape index (κ3) is 2.03. The molecule has 0 saturated carbocycles. The Bertz CT molecular complexity index is 562. The molecule has 0 aromatic heterocycles. The van der Waals surface area contributed by atoms with Gasteiger partial charge in [0, 0.05) is 12.5 Å². The minimum absolute atomic E-state index is 0.0673. The maximum Gasteiger partial charge on any atom is 0.266 e. The Kier molecular flexibility index (Phi) is 3.19. The fourth-order valence-electron chi connectivity index (χ4n) is 2.03. The van der Waals surface area contributed by atoms with Gasteiger partial charge in [0.2, 0.25) is 5.91 Å². The average Bonchev–Trinajstić information content (AvgIpc) is 2.58. The van der Waals surface area contributed by atoms with Gasteiger partial charge in [-0.15, -0.1) is 0 Å². The fraction of sp³-hybridized carbons (Fsp3) is 0.462. The van der Waals surface area contributed by atoms with Gasteiger partial charge in [-0.25, -0.2) is 12.7 Å². The number of aryl methyl sites for hydroxylation is 1. The van der Waals surface area contributed by atoms with Crippen molar-refractivity contribution in [2.45, 2.75) is 25.7 Å². The maximum atomic E-state index is 12.4. The van der Waals surface area contributed by atoms with Gasteiger partial charge in [0.1, 0.15) is 0 Å². The number of benzene rings is 1. The zero-order valence-corrected chi connectivity index (χ0v) is 11.6. The van der Waals surface area contributed by atoms with Gasteiger partial charge >= 0.3 is 0 Å². The lowest BCUT2D eigenvalue weighted by molar-refractivity contribution is -0.126. The van der Waals surface area contributed by atoms with Gasteiger partial charge in [-0.05, 0) is 25.0 Å². The summed E-state index contributed by atoms with van der Waals surface area (Å²) in [5.41, 5.74) is 0.989. The van der Waals surface area contributed by atoms with Gasteiger partial charge in [0.25, 0.3) is 10.0 Å². The summed E-state index contributed by atoms with van der Waals surface area (Å²) in [6, 6.07) is 6.57. The Morgan fingerprint density at radius 1 is 1.17 bits per heavy atom. The second-order valence-electron chi connectivity index (χ2n) is 4.95. The van der Waals surface area contributed by atoms with E-state index in [1.807, 2.05) is 13.8 Å². The Labute approximate surface area is 108 Å². The van der Waals surface area contributed by atoms with Crippen LogP contribution in [0.2, 0.25) is 0 Å². The number of hydrogen-bond donors (Lipinski definition) is 0. The zero-order chi connectivity index (χ0) is 13.5. The van der Waals surface area contributed by atoms with Gasteiger partial charge in [-0.3, -0.25) is 4.79 Å². The van der Waals surface area contributed by atoms with E-state index in [1.54, 1.807) is 31.2 Å². The molecule has 98 valence electrons. The molecule has 4 nitrogen and oxygen atoms in total. The van der Waals surface area contributed by atoms with Gasteiger partial charge in [-0.2, -0.15) is 0 Å². The summed E-state index contributed by atoms with van der Waals surface area (Å²) < 4.78 is 25.7. The lowest BCUT2D eigenvalue weighted by Gasteiger charge is -2.16. The van der Waals surface area contributed by atoms with E-state index in [9.17, 15) is 13.2 Å². The molecule has 1 aliphatic rings. The highest BCUT2D eigenvalue weighted by atomic mass is 32.2. The van der Waals surface area contributed by atoms with E-state index in [2.05, 4.69) is 0 Å². The van der Waals surface area contributed by atoms with Crippen molar-refractivity contribution in [2.75, 3.05) is 6.54 Å². The van der Waals surface area contributed by atoms with Crippen LogP contribution in [0.1, 0.15) is 19.4 Å². The van der Waals surface area contributed by atoms with E-state index in [-0.39, 0.29) is 29.2 Å². The third-order valence-corrected chi connectivity index (χ3v) is 5.33. The lowest BCUT2D eigenvalue weighted by Crippen LogP contribution is -2.33. The van der Waals surface area contributed by atoms with Crippen LogP contribution in [0, 0.1) is 18.8 Å². The number of sulfonamides is 1. The van der Waals surface area contributed by atoms with Crippen LogP contribution in [0.25, 0.3) is 0 Å². The molecule has 1 aromatic rings. The third-order valence-electron chi connectivity index (χ3n) is 3.55. The van der Waals surface area contributed by atoms with Crippen LogP contribution in [0.5, 0.6) is 0 Å². The summed E-state index contributed by atoms with van der Waals surface area (Å²) in [5, 5.41) is 0. The SMILES string of the molecule is Cc1ccc(S(=O)(=O)N2CC(C)C(C)C2=O)cc1. The quantitative estimate of drug-likeness (QED) is 0.821. The number of amides is 1. The first-order valence-electron chi connectivity index (χ1n) is 5.97. The molecule has 0 bridgehead atoms. The smallest absolute Gasteiger partial charge is 0.266 e. The number of hydrogen-bond acceptors (Lipinski definition) is 3. The Hall–Kier alpha value is -1.36. The first-order valence-corrected chi connectivity index (χ1v) is 7.41. The molecule has 1 amide bonds. The molecule has 0 radical (unpaired) electrons. The van der Waals surface area contributed by atoms with Crippen LogP contribution in [-0.2, 0) is 14.8 Å². The van der Waals surface area contributed by atoms with Crippen molar-refractivity contribution in [1.82, 2.24) is 4.31 Å². The molecule has 2 unspecified atom stereocenters. The second kappa shape index (κ2) is 4.39. The van der Waals surface area contributed by atoms with E-state index in [1.165, 1.54) is 0 Å². The summed E-state index contributed by atoms with van der Waals surface area (Å²) in [5.74, 6) is -0.467. The van der Waals surface area contributed by atoms with Crippen molar-refractivity contribution in [3.8, 4) is 0 Å². The number of nitrogens with zero attached hydrogens (tertiary/aromatic N) is 1. The predicted octanol–water partition coefficient (Wildman–Crippen LogP) is 1.80. The largest absolute Gasteiger partial charge is 0.273 e. The molecule has 0 spiro atoms. The molecule has 2 rings (SSSR count). The molecule has 1 heterocycles. The minimum atomic E-state index is -3.69.